The fourth-order valence-corrected chi connectivity index (χ4v) is 10.5. The molecule has 0 radical (unpaired) electrons. The van der Waals surface area contributed by atoms with Crippen LogP contribution in [0.15, 0.2) is 70.7 Å². The predicted molar refractivity (Wildman–Crippen MR) is 240 cm³/mol. The number of likely N-dealkylation sites (tertiary alicyclic amines) is 2. The molecule has 6 atom stereocenters. The Morgan fingerprint density at radius 1 is 1.02 bits per heavy atom. The van der Waals surface area contributed by atoms with Gasteiger partial charge in [-0.1, -0.05) is 50.2 Å². The first-order chi connectivity index (χ1) is 30.5. The molecule has 7 heterocycles. The number of nitrogens with one attached hydrogen (secondary N) is 2. The number of thiazole rings is 1. The zero-order valence-corrected chi connectivity index (χ0v) is 37.0. The SMILES string of the molecule is Cc1ncsc1-c1ccc([C@H](C)NC(=O)[C@@H]2C[C@@H](O)CN2C(=O)[C@@H](c2cc(OCCN3CC[C@@H](N4CCN5c6cc(-c7ccccc7O)nnc6NC[C@@H]5C4)C3)no2)C(C)C)cc1. The van der Waals surface area contributed by atoms with Gasteiger partial charge in [0.1, 0.15) is 24.3 Å². The van der Waals surface area contributed by atoms with Gasteiger partial charge < -0.3 is 39.9 Å². The molecule has 3 aromatic heterocycles. The van der Waals surface area contributed by atoms with Gasteiger partial charge in [0.05, 0.1) is 45.7 Å². The lowest BCUT2D eigenvalue weighted by molar-refractivity contribution is -0.141. The molecule has 0 bridgehead atoms. The number of carbonyl (C=O) groups is 2. The van der Waals surface area contributed by atoms with E-state index in [0.717, 1.165) is 85.4 Å². The Bertz CT molecular complexity index is 2410. The van der Waals surface area contributed by atoms with Crippen molar-refractivity contribution >= 4 is 34.7 Å². The Kier molecular flexibility index (Phi) is 12.4. The van der Waals surface area contributed by atoms with E-state index in [1.54, 1.807) is 29.5 Å². The standard InChI is InChI=1S/C46H56N10O6S/c1-27(2)42(46(60)56-25-34(57)19-38(56)45(59)49-28(3)30-9-11-31(12-10-30)43-29(4)48-26-63-43)40-21-41(52-62-40)61-18-17-53-14-13-32(23-53)54-15-16-55-33(24-54)22-47-44-37(55)20-36(50-51-44)35-7-5-6-8-39(35)58/h5-12,20-21,26-28,32-34,38,42,57-58H,13-19,22-25H2,1-4H3,(H,47,51)(H,49,59)/t28-,32+,33+,34+,38-,42+/m0/s1. The van der Waals surface area contributed by atoms with E-state index in [2.05, 4.69) is 45.7 Å². The number of phenols is 1. The number of para-hydroxylation sites is 1. The molecule has 17 heteroatoms. The van der Waals surface area contributed by atoms with E-state index in [0.29, 0.717) is 41.6 Å². The Balaban J connectivity index is 0.758. The van der Waals surface area contributed by atoms with E-state index >= 15 is 0 Å². The monoisotopic (exact) mass is 876 g/mol. The van der Waals surface area contributed by atoms with Crippen molar-refractivity contribution in [2.45, 2.75) is 76.7 Å². The molecule has 4 aliphatic rings. The Morgan fingerprint density at radius 2 is 1.84 bits per heavy atom. The molecule has 63 heavy (non-hydrogen) atoms. The number of ether oxygens (including phenoxy) is 1. The fraction of sp³-hybridized carbons (Fsp3) is 0.478. The molecule has 4 N–H and O–H groups in total. The molecule has 0 saturated carbocycles. The summed E-state index contributed by atoms with van der Waals surface area (Å²) in [6, 6.07) is 18.6. The topological polar surface area (TPSA) is 186 Å². The highest BCUT2D eigenvalue weighted by Gasteiger charge is 2.44. The lowest BCUT2D eigenvalue weighted by Crippen LogP contribution is -2.60. The summed E-state index contributed by atoms with van der Waals surface area (Å²) in [5, 5.41) is 40.7. The number of fused-ring (bicyclic) bond motifs is 3. The maximum atomic E-state index is 14.2. The number of carbonyl (C=O) groups excluding carboxylic acids is 2. The number of aliphatic hydroxyl groups excluding tert-OH is 1. The van der Waals surface area contributed by atoms with Crippen LogP contribution in [0.4, 0.5) is 11.5 Å². The third kappa shape index (κ3) is 8.96. The molecule has 2 aromatic carbocycles. The Labute approximate surface area is 371 Å². The second kappa shape index (κ2) is 18.2. The summed E-state index contributed by atoms with van der Waals surface area (Å²) < 4.78 is 11.8. The zero-order chi connectivity index (χ0) is 43.8. The number of rotatable bonds is 13. The lowest BCUT2D eigenvalue weighted by atomic mass is 9.91. The molecule has 0 aliphatic carbocycles. The van der Waals surface area contributed by atoms with Gasteiger partial charge in [0, 0.05) is 69.9 Å². The number of β-amino-alcohol motifs (C(OH)–C–C–N with tert-alkyl or cyclic N) is 1. The van der Waals surface area contributed by atoms with Crippen molar-refractivity contribution in [1.29, 1.82) is 0 Å². The molecular weight excluding hydrogens is 821 g/mol. The van der Waals surface area contributed by atoms with E-state index in [1.165, 1.54) is 4.90 Å². The van der Waals surface area contributed by atoms with Crippen molar-refractivity contribution in [3.63, 3.8) is 0 Å². The molecule has 332 valence electrons. The number of aromatic nitrogens is 4. The van der Waals surface area contributed by atoms with Crippen LogP contribution in [0.3, 0.4) is 0 Å². The maximum Gasteiger partial charge on any atom is 0.254 e. The summed E-state index contributed by atoms with van der Waals surface area (Å²) in [5.74, 6) is 0.181. The van der Waals surface area contributed by atoms with Crippen molar-refractivity contribution in [2.24, 2.45) is 5.92 Å². The summed E-state index contributed by atoms with van der Waals surface area (Å²) in [6.07, 6.45) is 0.415. The van der Waals surface area contributed by atoms with Crippen molar-refractivity contribution < 1.29 is 29.1 Å². The normalized spacial score (nSPS) is 22.4. The fourth-order valence-electron chi connectivity index (χ4n) is 9.66. The van der Waals surface area contributed by atoms with Crippen LogP contribution in [-0.4, -0.2) is 140 Å². The third-order valence-corrected chi connectivity index (χ3v) is 14.1. The zero-order valence-electron chi connectivity index (χ0n) is 36.2. The first-order valence-electron chi connectivity index (χ1n) is 22.0. The summed E-state index contributed by atoms with van der Waals surface area (Å²) in [6.45, 7) is 14.5. The second-order valence-corrected chi connectivity index (χ2v) is 18.5. The summed E-state index contributed by atoms with van der Waals surface area (Å²) in [5.41, 5.74) is 7.18. The number of amides is 2. The highest BCUT2D eigenvalue weighted by atomic mass is 32.1. The van der Waals surface area contributed by atoms with Crippen molar-refractivity contribution in [1.82, 2.24) is 40.4 Å². The van der Waals surface area contributed by atoms with Gasteiger partial charge in [0.15, 0.2) is 11.6 Å². The molecule has 3 fully saturated rings. The summed E-state index contributed by atoms with van der Waals surface area (Å²) >= 11 is 1.59. The van der Waals surface area contributed by atoms with E-state index < -0.39 is 18.1 Å². The average Bonchev–Trinajstić information content (AvgIpc) is 4.12. The van der Waals surface area contributed by atoms with Gasteiger partial charge in [0.25, 0.3) is 5.88 Å². The van der Waals surface area contributed by atoms with Gasteiger partial charge in [-0.2, -0.15) is 0 Å². The smallest absolute Gasteiger partial charge is 0.254 e. The molecule has 16 nitrogen and oxygen atoms in total. The summed E-state index contributed by atoms with van der Waals surface area (Å²) in [4.78, 5) is 42.4. The van der Waals surface area contributed by atoms with E-state index in [-0.39, 0.29) is 42.5 Å². The average molecular weight is 877 g/mol. The Hall–Kier alpha value is -5.62. The number of aryl methyl sites for hydroxylation is 1. The van der Waals surface area contributed by atoms with Gasteiger partial charge in [-0.05, 0) is 67.2 Å². The van der Waals surface area contributed by atoms with Crippen LogP contribution in [0.25, 0.3) is 21.7 Å². The minimum absolute atomic E-state index is 0.0594. The van der Waals surface area contributed by atoms with Crippen molar-refractivity contribution in [2.75, 3.05) is 69.2 Å². The van der Waals surface area contributed by atoms with Crippen molar-refractivity contribution in [3.05, 3.63) is 83.2 Å². The predicted octanol–water partition coefficient (Wildman–Crippen LogP) is 4.92. The molecule has 5 aromatic rings. The van der Waals surface area contributed by atoms with E-state index in [9.17, 15) is 19.8 Å². The number of hydrogen-bond donors (Lipinski definition) is 4. The number of hydrogen-bond acceptors (Lipinski definition) is 15. The van der Waals surface area contributed by atoms with Crippen LogP contribution in [-0.2, 0) is 9.59 Å². The van der Waals surface area contributed by atoms with Crippen LogP contribution in [0, 0.1) is 12.8 Å². The van der Waals surface area contributed by atoms with Crippen LogP contribution in [0.2, 0.25) is 0 Å². The number of nitrogens with zero attached hydrogens (tertiary/aromatic N) is 8. The largest absolute Gasteiger partial charge is 0.507 e. The third-order valence-electron chi connectivity index (χ3n) is 13.1. The maximum absolute atomic E-state index is 14.2. The number of piperazine rings is 1. The molecule has 0 unspecified atom stereocenters. The number of anilines is 2. The second-order valence-electron chi connectivity index (χ2n) is 17.6. The van der Waals surface area contributed by atoms with E-state index in [4.69, 9.17) is 9.26 Å². The van der Waals surface area contributed by atoms with Gasteiger partial charge in [-0.3, -0.25) is 19.4 Å². The van der Waals surface area contributed by atoms with Crippen molar-refractivity contribution in [3.8, 4) is 33.3 Å². The Morgan fingerprint density at radius 3 is 2.62 bits per heavy atom. The molecule has 3 saturated heterocycles. The van der Waals surface area contributed by atoms with Crippen LogP contribution >= 0.6 is 11.3 Å². The number of phenolic OH excluding ortho intramolecular Hbond substituents is 1. The lowest BCUT2D eigenvalue weighted by Gasteiger charge is -2.47. The quantitative estimate of drug-likeness (QED) is 0.125. The highest BCUT2D eigenvalue weighted by Crippen LogP contribution is 2.37. The molecular formula is C46H56N10O6S. The van der Waals surface area contributed by atoms with Crippen LogP contribution in [0.1, 0.15) is 62.6 Å². The first-order valence-corrected chi connectivity index (χ1v) is 22.9. The van der Waals surface area contributed by atoms with Gasteiger partial charge in [-0.15, -0.1) is 21.5 Å². The first kappa shape index (κ1) is 42.7. The minimum atomic E-state index is -0.822. The molecule has 4 aliphatic heterocycles. The minimum Gasteiger partial charge on any atom is -0.507 e. The van der Waals surface area contributed by atoms with Crippen LogP contribution < -0.4 is 20.3 Å². The van der Waals surface area contributed by atoms with Crippen LogP contribution in [0.5, 0.6) is 11.6 Å². The summed E-state index contributed by atoms with van der Waals surface area (Å²) in [7, 11) is 0. The van der Waals surface area contributed by atoms with E-state index in [1.807, 2.05) is 75.7 Å². The highest BCUT2D eigenvalue weighted by molar-refractivity contribution is 7.13. The number of aliphatic hydroxyl groups is 1. The molecule has 9 rings (SSSR count). The van der Waals surface area contributed by atoms with Gasteiger partial charge >= 0.3 is 0 Å². The number of benzene rings is 2. The van der Waals surface area contributed by atoms with Gasteiger partial charge in [-0.25, -0.2) is 4.98 Å². The molecule has 2 amide bonds. The molecule has 0 spiro atoms. The van der Waals surface area contributed by atoms with Gasteiger partial charge in [0.2, 0.25) is 11.8 Å². The number of aromatic hydroxyl groups is 1.